The van der Waals surface area contributed by atoms with E-state index < -0.39 is 0 Å². The van der Waals surface area contributed by atoms with E-state index >= 15 is 0 Å². The fraction of sp³-hybridized carbons (Fsp3) is 0.600. The number of hydrogen-bond acceptors (Lipinski definition) is 3. The monoisotopic (exact) mass is 295 g/mol. The number of nitrogens with zero attached hydrogens (tertiary/aromatic N) is 1. The largest absolute Gasteiger partial charge is 0.373 e. The summed E-state index contributed by atoms with van der Waals surface area (Å²) in [4.78, 5) is 16.3. The minimum atomic E-state index is -0.192. The van der Waals surface area contributed by atoms with Crippen molar-refractivity contribution < 1.29 is 4.79 Å². The molecular weight excluding hydrogens is 274 g/mol. The Kier molecular flexibility index (Phi) is 5.65. The lowest BCUT2D eigenvalue weighted by Gasteiger charge is -2.21. The highest BCUT2D eigenvalue weighted by atomic mass is 35.5. The quantitative estimate of drug-likeness (QED) is 0.874. The molecule has 0 radical (unpaired) electrons. The maximum absolute atomic E-state index is 12.1. The Morgan fingerprint density at radius 3 is 2.80 bits per heavy atom. The van der Waals surface area contributed by atoms with Crippen molar-refractivity contribution in [1.29, 1.82) is 0 Å². The fourth-order valence-electron chi connectivity index (χ4n) is 2.69. The Bertz CT molecular complexity index is 458. The number of hydrogen-bond donors (Lipinski definition) is 2. The Hall–Kier alpha value is -1.29. The van der Waals surface area contributed by atoms with Gasteiger partial charge in [-0.3, -0.25) is 4.79 Å². The molecule has 2 N–H and O–H groups in total. The zero-order valence-electron chi connectivity index (χ0n) is 11.9. The molecule has 0 aromatic carbocycles. The third-order valence-electron chi connectivity index (χ3n) is 3.88. The standard InChI is InChI=1S/C15H22ClN3O/c1-17-13-8-7-12(16)14(19-13)15(20)18-10-9-11-5-3-2-4-6-11/h7-8,11H,2-6,9-10H2,1H3,(H,17,19)(H,18,20). The number of carbonyl (C=O) groups is 1. The molecule has 1 fully saturated rings. The number of aromatic nitrogens is 1. The van der Waals surface area contributed by atoms with Crippen molar-refractivity contribution in [3.63, 3.8) is 0 Å². The van der Waals surface area contributed by atoms with Crippen LogP contribution < -0.4 is 10.6 Å². The van der Waals surface area contributed by atoms with Crippen LogP contribution in [0.25, 0.3) is 0 Å². The van der Waals surface area contributed by atoms with Crippen molar-refractivity contribution in [2.24, 2.45) is 5.92 Å². The van der Waals surface area contributed by atoms with Crippen molar-refractivity contribution in [1.82, 2.24) is 10.3 Å². The van der Waals surface area contributed by atoms with Gasteiger partial charge in [0.15, 0.2) is 0 Å². The van der Waals surface area contributed by atoms with Crippen LogP contribution in [0.5, 0.6) is 0 Å². The molecule has 1 aromatic rings. The van der Waals surface area contributed by atoms with Crippen molar-refractivity contribution in [3.05, 3.63) is 22.8 Å². The maximum Gasteiger partial charge on any atom is 0.271 e. The minimum Gasteiger partial charge on any atom is -0.373 e. The summed E-state index contributed by atoms with van der Waals surface area (Å²) in [6, 6.07) is 3.44. The molecule has 1 aromatic heterocycles. The summed E-state index contributed by atoms with van der Waals surface area (Å²) >= 11 is 6.02. The second-order valence-electron chi connectivity index (χ2n) is 5.33. The SMILES string of the molecule is CNc1ccc(Cl)c(C(=O)NCCC2CCCCC2)n1. The summed E-state index contributed by atoms with van der Waals surface area (Å²) in [5.41, 5.74) is 0.294. The number of nitrogens with one attached hydrogen (secondary N) is 2. The van der Waals surface area contributed by atoms with Gasteiger partial charge in [-0.25, -0.2) is 4.98 Å². The lowest BCUT2D eigenvalue weighted by molar-refractivity contribution is 0.0945. The van der Waals surface area contributed by atoms with Gasteiger partial charge in [0.1, 0.15) is 11.5 Å². The van der Waals surface area contributed by atoms with Crippen molar-refractivity contribution in [3.8, 4) is 0 Å². The van der Waals surface area contributed by atoms with Gasteiger partial charge in [-0.1, -0.05) is 43.7 Å². The summed E-state index contributed by atoms with van der Waals surface area (Å²) in [6.45, 7) is 0.700. The van der Waals surface area contributed by atoms with Crippen LogP contribution in [0.4, 0.5) is 5.82 Å². The third-order valence-corrected chi connectivity index (χ3v) is 4.19. The lowest BCUT2D eigenvalue weighted by atomic mass is 9.87. The predicted molar refractivity (Wildman–Crippen MR) is 82.3 cm³/mol. The zero-order valence-corrected chi connectivity index (χ0v) is 12.7. The molecule has 0 bridgehead atoms. The Morgan fingerprint density at radius 2 is 2.10 bits per heavy atom. The van der Waals surface area contributed by atoms with E-state index in [1.807, 2.05) is 0 Å². The van der Waals surface area contributed by atoms with Crippen LogP contribution in [0.3, 0.4) is 0 Å². The molecule has 1 amide bonds. The van der Waals surface area contributed by atoms with E-state index in [1.54, 1.807) is 19.2 Å². The molecule has 1 aliphatic rings. The van der Waals surface area contributed by atoms with Gasteiger partial charge in [0, 0.05) is 13.6 Å². The van der Waals surface area contributed by atoms with E-state index in [1.165, 1.54) is 32.1 Å². The molecule has 0 spiro atoms. The van der Waals surface area contributed by atoms with E-state index in [0.29, 0.717) is 23.1 Å². The molecule has 1 saturated carbocycles. The molecule has 0 atom stereocenters. The van der Waals surface area contributed by atoms with Gasteiger partial charge in [0.25, 0.3) is 5.91 Å². The van der Waals surface area contributed by atoms with Crippen LogP contribution >= 0.6 is 11.6 Å². The summed E-state index contributed by atoms with van der Waals surface area (Å²) < 4.78 is 0. The Morgan fingerprint density at radius 1 is 1.35 bits per heavy atom. The molecule has 2 rings (SSSR count). The highest BCUT2D eigenvalue weighted by Crippen LogP contribution is 2.25. The van der Waals surface area contributed by atoms with Crippen molar-refractivity contribution >= 4 is 23.3 Å². The van der Waals surface area contributed by atoms with E-state index in [-0.39, 0.29) is 5.91 Å². The summed E-state index contributed by atoms with van der Waals surface area (Å²) in [7, 11) is 1.76. The van der Waals surface area contributed by atoms with Crippen LogP contribution in [0.2, 0.25) is 5.02 Å². The smallest absolute Gasteiger partial charge is 0.271 e. The molecule has 0 unspecified atom stereocenters. The molecule has 4 nitrogen and oxygen atoms in total. The van der Waals surface area contributed by atoms with Gasteiger partial charge < -0.3 is 10.6 Å². The van der Waals surface area contributed by atoms with E-state index in [9.17, 15) is 4.79 Å². The van der Waals surface area contributed by atoms with Crippen LogP contribution in [0.15, 0.2) is 12.1 Å². The number of carbonyl (C=O) groups excluding carboxylic acids is 1. The fourth-order valence-corrected chi connectivity index (χ4v) is 2.88. The van der Waals surface area contributed by atoms with Crippen LogP contribution in [-0.2, 0) is 0 Å². The number of pyridine rings is 1. The van der Waals surface area contributed by atoms with Gasteiger partial charge >= 0.3 is 0 Å². The van der Waals surface area contributed by atoms with E-state index in [4.69, 9.17) is 11.6 Å². The second kappa shape index (κ2) is 7.48. The first-order valence-electron chi connectivity index (χ1n) is 7.33. The summed E-state index contributed by atoms with van der Waals surface area (Å²) in [6.07, 6.45) is 7.66. The number of halogens is 1. The zero-order chi connectivity index (χ0) is 14.4. The van der Waals surface area contributed by atoms with Gasteiger partial charge in [0.05, 0.1) is 5.02 Å². The molecule has 1 heterocycles. The molecule has 1 aliphatic carbocycles. The first-order chi connectivity index (χ1) is 9.70. The number of anilines is 1. The Labute approximate surface area is 125 Å². The molecule has 0 aliphatic heterocycles. The summed E-state index contributed by atoms with van der Waals surface area (Å²) in [5, 5.41) is 6.22. The maximum atomic E-state index is 12.1. The first-order valence-corrected chi connectivity index (χ1v) is 7.71. The van der Waals surface area contributed by atoms with Crippen LogP contribution in [0.1, 0.15) is 49.0 Å². The average molecular weight is 296 g/mol. The van der Waals surface area contributed by atoms with Crippen LogP contribution in [0, 0.1) is 5.92 Å². The first kappa shape index (κ1) is 15.1. The minimum absolute atomic E-state index is 0.192. The average Bonchev–Trinajstić information content (AvgIpc) is 2.48. The summed E-state index contributed by atoms with van der Waals surface area (Å²) in [5.74, 6) is 1.21. The highest BCUT2D eigenvalue weighted by Gasteiger charge is 2.15. The third kappa shape index (κ3) is 4.10. The highest BCUT2D eigenvalue weighted by molar-refractivity contribution is 6.33. The van der Waals surface area contributed by atoms with Gasteiger partial charge in [-0.2, -0.15) is 0 Å². The van der Waals surface area contributed by atoms with Crippen molar-refractivity contribution in [2.75, 3.05) is 18.9 Å². The van der Waals surface area contributed by atoms with E-state index in [2.05, 4.69) is 15.6 Å². The van der Waals surface area contributed by atoms with Crippen LogP contribution in [-0.4, -0.2) is 24.5 Å². The number of amides is 1. The number of rotatable bonds is 5. The van der Waals surface area contributed by atoms with Gasteiger partial charge in [-0.15, -0.1) is 0 Å². The van der Waals surface area contributed by atoms with Gasteiger partial charge in [0.2, 0.25) is 0 Å². The molecule has 0 saturated heterocycles. The Balaban J connectivity index is 1.84. The van der Waals surface area contributed by atoms with E-state index in [0.717, 1.165) is 12.3 Å². The lowest BCUT2D eigenvalue weighted by Crippen LogP contribution is -2.27. The molecular formula is C15H22ClN3O. The molecule has 110 valence electrons. The van der Waals surface area contributed by atoms with Crippen molar-refractivity contribution in [2.45, 2.75) is 38.5 Å². The topological polar surface area (TPSA) is 54.0 Å². The van der Waals surface area contributed by atoms with Gasteiger partial charge in [-0.05, 0) is 24.5 Å². The molecule has 20 heavy (non-hydrogen) atoms. The molecule has 5 heteroatoms. The predicted octanol–water partition coefficient (Wildman–Crippen LogP) is 3.48. The second-order valence-corrected chi connectivity index (χ2v) is 5.73. The normalized spacial score (nSPS) is 15.9.